The molecule has 16 heavy (non-hydrogen) atoms. The molecule has 0 fully saturated rings. The van der Waals surface area contributed by atoms with Crippen molar-refractivity contribution in [2.24, 2.45) is 0 Å². The van der Waals surface area contributed by atoms with E-state index < -0.39 is 18.1 Å². The molecule has 0 bridgehead atoms. The lowest BCUT2D eigenvalue weighted by molar-refractivity contribution is -0.140. The van der Waals surface area contributed by atoms with Crippen LogP contribution in [-0.2, 0) is 9.59 Å². The van der Waals surface area contributed by atoms with Crippen molar-refractivity contribution >= 4 is 23.6 Å². The van der Waals surface area contributed by atoms with E-state index in [-0.39, 0.29) is 11.7 Å². The molecule has 0 rings (SSSR count). The lowest BCUT2D eigenvalue weighted by atomic mass is 10.2. The first-order valence-electron chi connectivity index (χ1n) is 4.75. The van der Waals surface area contributed by atoms with Crippen LogP contribution in [0.5, 0.6) is 0 Å². The van der Waals surface area contributed by atoms with Crippen LogP contribution in [0.15, 0.2) is 12.2 Å². The predicted molar refractivity (Wildman–Crippen MR) is 63.4 cm³/mol. The summed E-state index contributed by atoms with van der Waals surface area (Å²) in [4.78, 5) is 21.5. The van der Waals surface area contributed by atoms with Gasteiger partial charge in [-0.1, -0.05) is 12.2 Å². The van der Waals surface area contributed by atoms with Gasteiger partial charge in [0.2, 0.25) is 5.91 Å². The number of hydrogen-bond donors (Lipinski definition) is 3. The van der Waals surface area contributed by atoms with Crippen LogP contribution in [0.2, 0.25) is 0 Å². The number of aliphatic hydroxyl groups is 1. The van der Waals surface area contributed by atoms with E-state index in [0.717, 1.165) is 0 Å². The van der Waals surface area contributed by atoms with Crippen molar-refractivity contribution in [1.29, 1.82) is 0 Å². The number of aliphatic hydroxyl groups excluding tert-OH is 1. The molecule has 0 radical (unpaired) electrons. The van der Waals surface area contributed by atoms with E-state index in [9.17, 15) is 14.7 Å². The second kappa shape index (κ2) is 7.29. The van der Waals surface area contributed by atoms with Crippen molar-refractivity contribution in [1.82, 2.24) is 5.32 Å². The van der Waals surface area contributed by atoms with Crippen LogP contribution in [0.4, 0.5) is 0 Å². The van der Waals surface area contributed by atoms with E-state index in [1.165, 1.54) is 18.7 Å². The third kappa shape index (κ3) is 6.47. The first-order chi connectivity index (χ1) is 7.34. The average Bonchev–Trinajstić information content (AvgIpc) is 2.14. The van der Waals surface area contributed by atoms with Crippen molar-refractivity contribution in [3.63, 3.8) is 0 Å². The highest BCUT2D eigenvalue weighted by molar-refractivity contribution is 7.99. The quantitative estimate of drug-likeness (QED) is 0.561. The molecular formula is C10H17NO4S. The van der Waals surface area contributed by atoms with Crippen molar-refractivity contribution in [3.8, 4) is 0 Å². The SMILES string of the molecule is C=C(C)C(O)CSC[C@@H](NC(C)=O)C(=O)O. The van der Waals surface area contributed by atoms with Crippen LogP contribution in [0.25, 0.3) is 0 Å². The smallest absolute Gasteiger partial charge is 0.327 e. The molecule has 92 valence electrons. The fourth-order valence-corrected chi connectivity index (χ4v) is 1.97. The molecule has 0 aliphatic heterocycles. The highest BCUT2D eigenvalue weighted by Crippen LogP contribution is 2.09. The van der Waals surface area contributed by atoms with E-state index >= 15 is 0 Å². The lowest BCUT2D eigenvalue weighted by Gasteiger charge is -2.14. The van der Waals surface area contributed by atoms with Crippen molar-refractivity contribution < 1.29 is 19.8 Å². The Balaban J connectivity index is 3.99. The second-order valence-corrected chi connectivity index (χ2v) is 4.57. The second-order valence-electron chi connectivity index (χ2n) is 3.49. The number of thioether (sulfide) groups is 1. The topological polar surface area (TPSA) is 86.6 Å². The molecule has 3 N–H and O–H groups in total. The van der Waals surface area contributed by atoms with Crippen LogP contribution in [0.3, 0.4) is 0 Å². The van der Waals surface area contributed by atoms with Crippen molar-refractivity contribution in [2.45, 2.75) is 26.0 Å². The zero-order valence-corrected chi connectivity index (χ0v) is 10.2. The maximum absolute atomic E-state index is 10.7. The summed E-state index contributed by atoms with van der Waals surface area (Å²) in [6, 6.07) is -0.917. The van der Waals surface area contributed by atoms with Crippen molar-refractivity contribution in [2.75, 3.05) is 11.5 Å². The number of nitrogens with one attached hydrogen (secondary N) is 1. The van der Waals surface area contributed by atoms with Gasteiger partial charge >= 0.3 is 5.97 Å². The number of rotatable bonds is 7. The van der Waals surface area contributed by atoms with E-state index in [2.05, 4.69) is 11.9 Å². The molecule has 6 heteroatoms. The Morgan fingerprint density at radius 1 is 1.38 bits per heavy atom. The summed E-state index contributed by atoms with van der Waals surface area (Å²) >= 11 is 1.26. The third-order valence-electron chi connectivity index (χ3n) is 1.80. The maximum Gasteiger partial charge on any atom is 0.327 e. The zero-order chi connectivity index (χ0) is 12.7. The predicted octanol–water partition coefficient (Wildman–Crippen LogP) is 0.246. The highest BCUT2D eigenvalue weighted by Gasteiger charge is 2.18. The minimum atomic E-state index is -1.08. The Labute approximate surface area is 98.9 Å². The Hall–Kier alpha value is -1.01. The molecule has 0 saturated heterocycles. The molecule has 0 spiro atoms. The number of carboxylic acid groups (broad SMARTS) is 1. The maximum atomic E-state index is 10.7. The number of carboxylic acids is 1. The molecule has 0 aliphatic rings. The highest BCUT2D eigenvalue weighted by atomic mass is 32.2. The zero-order valence-electron chi connectivity index (χ0n) is 9.40. The minimum absolute atomic E-state index is 0.221. The van der Waals surface area contributed by atoms with E-state index in [1.807, 2.05) is 0 Å². The molecule has 0 heterocycles. The largest absolute Gasteiger partial charge is 0.480 e. The van der Waals surface area contributed by atoms with Gasteiger partial charge in [-0.05, 0) is 6.92 Å². The molecule has 1 unspecified atom stereocenters. The van der Waals surface area contributed by atoms with Crippen LogP contribution in [0.1, 0.15) is 13.8 Å². The standard InChI is InChI=1S/C10H17NO4S/c1-6(2)9(13)5-16-4-8(10(14)15)11-7(3)12/h8-9,13H,1,4-5H2,2-3H3,(H,11,12)(H,14,15)/t8-,9?/m1/s1. The van der Waals surface area contributed by atoms with Gasteiger partial charge < -0.3 is 15.5 Å². The third-order valence-corrected chi connectivity index (χ3v) is 2.93. The number of amides is 1. The minimum Gasteiger partial charge on any atom is -0.480 e. The number of carbonyl (C=O) groups excluding carboxylic acids is 1. The van der Waals surface area contributed by atoms with Crippen LogP contribution in [0, 0.1) is 0 Å². The van der Waals surface area contributed by atoms with Crippen LogP contribution >= 0.6 is 11.8 Å². The van der Waals surface area contributed by atoms with Gasteiger partial charge in [0.1, 0.15) is 6.04 Å². The van der Waals surface area contributed by atoms with Gasteiger partial charge in [0, 0.05) is 18.4 Å². The van der Waals surface area contributed by atoms with E-state index in [0.29, 0.717) is 11.3 Å². The monoisotopic (exact) mass is 247 g/mol. The van der Waals surface area contributed by atoms with Gasteiger partial charge in [-0.2, -0.15) is 11.8 Å². The Morgan fingerprint density at radius 2 is 1.94 bits per heavy atom. The van der Waals surface area contributed by atoms with Crippen molar-refractivity contribution in [3.05, 3.63) is 12.2 Å². The van der Waals surface area contributed by atoms with E-state index in [4.69, 9.17) is 5.11 Å². The molecule has 5 nitrogen and oxygen atoms in total. The Morgan fingerprint density at radius 3 is 2.31 bits per heavy atom. The molecule has 0 aromatic carbocycles. The van der Waals surface area contributed by atoms with Gasteiger partial charge in [-0.15, -0.1) is 0 Å². The van der Waals surface area contributed by atoms with Gasteiger partial charge in [0.25, 0.3) is 0 Å². The number of hydrogen-bond acceptors (Lipinski definition) is 4. The van der Waals surface area contributed by atoms with Gasteiger partial charge in [-0.25, -0.2) is 4.79 Å². The number of aliphatic carboxylic acids is 1. The first kappa shape index (κ1) is 15.0. The summed E-state index contributed by atoms with van der Waals surface area (Å²) in [6.07, 6.45) is -0.642. The molecule has 2 atom stereocenters. The van der Waals surface area contributed by atoms with Gasteiger partial charge in [0.05, 0.1) is 6.10 Å². The molecule has 0 aromatic rings. The van der Waals surface area contributed by atoms with E-state index in [1.54, 1.807) is 6.92 Å². The summed E-state index contributed by atoms with van der Waals surface area (Å²) in [5, 5.41) is 20.5. The van der Waals surface area contributed by atoms with Gasteiger partial charge in [-0.3, -0.25) is 4.79 Å². The summed E-state index contributed by atoms with van der Waals surface area (Å²) in [5.41, 5.74) is 0.638. The van der Waals surface area contributed by atoms with Crippen LogP contribution in [-0.4, -0.2) is 45.7 Å². The Bertz CT molecular complexity index is 280. The Kier molecular flexibility index (Phi) is 6.83. The van der Waals surface area contributed by atoms with Crippen LogP contribution < -0.4 is 5.32 Å². The molecular weight excluding hydrogens is 230 g/mol. The molecule has 0 aromatic heterocycles. The molecule has 0 saturated carbocycles. The van der Waals surface area contributed by atoms with Gasteiger partial charge in [0.15, 0.2) is 0 Å². The average molecular weight is 247 g/mol. The first-order valence-corrected chi connectivity index (χ1v) is 5.91. The fraction of sp³-hybridized carbons (Fsp3) is 0.600. The normalized spacial score (nSPS) is 13.9. The summed E-state index contributed by atoms with van der Waals surface area (Å²) < 4.78 is 0. The lowest BCUT2D eigenvalue weighted by Crippen LogP contribution is -2.41. The fourth-order valence-electron chi connectivity index (χ4n) is 0.860. The molecule has 1 amide bonds. The summed E-state index contributed by atoms with van der Waals surface area (Å²) in [6.45, 7) is 6.56. The number of carbonyl (C=O) groups is 2. The summed E-state index contributed by atoms with van der Waals surface area (Å²) in [7, 11) is 0. The summed E-state index contributed by atoms with van der Waals surface area (Å²) in [5.74, 6) is -0.862. The molecule has 0 aliphatic carbocycles.